The molecule has 6 nitrogen and oxygen atoms in total. The summed E-state index contributed by atoms with van der Waals surface area (Å²) in [6, 6.07) is 17.1. The molecule has 2 aromatic rings. The summed E-state index contributed by atoms with van der Waals surface area (Å²) in [4.78, 5) is 24.3. The highest BCUT2D eigenvalue weighted by atomic mass is 32.2. The molecule has 0 aromatic heterocycles. The van der Waals surface area contributed by atoms with E-state index in [0.29, 0.717) is 13.1 Å². The number of nitrogens with zero attached hydrogens (tertiary/aromatic N) is 3. The van der Waals surface area contributed by atoms with Gasteiger partial charge < -0.3 is 19.9 Å². The van der Waals surface area contributed by atoms with Crippen LogP contribution in [0.4, 0.5) is 16.2 Å². The number of hydrogen-bond acceptors (Lipinski definition) is 7. The van der Waals surface area contributed by atoms with Crippen LogP contribution in [0.25, 0.3) is 0 Å². The monoisotopic (exact) mass is 573 g/mol. The number of hydrogen-bond donors (Lipinski definition) is 1. The van der Waals surface area contributed by atoms with E-state index in [1.807, 2.05) is 32.5 Å². The number of fused-ring (bicyclic) bond motifs is 2. The van der Waals surface area contributed by atoms with E-state index >= 15 is 0 Å². The fourth-order valence-electron chi connectivity index (χ4n) is 4.86. The number of alkyl carbamates (subject to hydrolysis) is 1. The van der Waals surface area contributed by atoms with Gasteiger partial charge in [-0.15, -0.1) is 0 Å². The standard InChI is InChI=1S/C32H36N4O2S2/c1-6-35-24-13-8-10-15-26(24)39-28(35)20-22-19-23(21-29-36(7-2)25-14-9-11-16-27(25)40-29)30(22)33-17-12-18-34-31(37)38-32(3,4)5/h8-11,13-16,20-22H,6-7,12,17-18H2,1-5H3/p+1/b28-20?,29-21+,33-30?. The Morgan fingerprint density at radius 1 is 1.00 bits per heavy atom. The quantitative estimate of drug-likeness (QED) is 0.259. The van der Waals surface area contributed by atoms with Gasteiger partial charge in [-0.05, 0) is 71.4 Å². The zero-order chi connectivity index (χ0) is 28.3. The summed E-state index contributed by atoms with van der Waals surface area (Å²) in [5.41, 5.74) is 4.12. The molecule has 0 bridgehead atoms. The first kappa shape index (κ1) is 28.3. The molecule has 1 amide bonds. The minimum Gasteiger partial charge on any atom is -0.444 e. The molecule has 5 rings (SSSR count). The lowest BCUT2D eigenvalue weighted by Crippen LogP contribution is -2.33. The van der Waals surface area contributed by atoms with Crippen molar-refractivity contribution in [3.05, 3.63) is 82.4 Å². The summed E-state index contributed by atoms with van der Waals surface area (Å²) < 4.78 is 5.35. The van der Waals surface area contributed by atoms with Gasteiger partial charge in [-0.1, -0.05) is 47.8 Å². The maximum Gasteiger partial charge on any atom is 0.407 e. The van der Waals surface area contributed by atoms with Gasteiger partial charge >= 0.3 is 6.09 Å². The highest BCUT2D eigenvalue weighted by molar-refractivity contribution is 8.04. The van der Waals surface area contributed by atoms with Gasteiger partial charge in [0.05, 0.1) is 29.0 Å². The SMILES string of the molecule is CCN1C(=CC2[C+]=C(/C=C3/Sc4ccccc4N3CC)C2=NCCCNC(=O)OC(C)(C)C)Sc2ccccc21. The molecule has 0 fully saturated rings. The number of rotatable bonds is 8. The van der Waals surface area contributed by atoms with Crippen LogP contribution in [-0.2, 0) is 4.74 Å². The van der Waals surface area contributed by atoms with Crippen molar-refractivity contribution in [1.29, 1.82) is 0 Å². The summed E-state index contributed by atoms with van der Waals surface area (Å²) in [5, 5.41) is 5.27. The van der Waals surface area contributed by atoms with Crippen LogP contribution >= 0.6 is 23.5 Å². The summed E-state index contributed by atoms with van der Waals surface area (Å²) in [5.74, 6) is 0.0281. The predicted molar refractivity (Wildman–Crippen MR) is 168 cm³/mol. The van der Waals surface area contributed by atoms with Crippen molar-refractivity contribution in [3.63, 3.8) is 0 Å². The van der Waals surface area contributed by atoms with Crippen LogP contribution in [0.5, 0.6) is 0 Å². The second kappa shape index (κ2) is 12.1. The Kier molecular flexibility index (Phi) is 8.60. The molecule has 2 aromatic carbocycles. The van der Waals surface area contributed by atoms with Gasteiger partial charge in [0, 0.05) is 35.5 Å². The number of carbonyl (C=O) groups excluding carboxylic acids is 1. The molecule has 208 valence electrons. The topological polar surface area (TPSA) is 57.2 Å². The highest BCUT2D eigenvalue weighted by Crippen LogP contribution is 2.48. The fourth-order valence-corrected chi connectivity index (χ4v) is 7.22. The second-order valence-corrected chi connectivity index (χ2v) is 12.8. The van der Waals surface area contributed by atoms with Crippen molar-refractivity contribution in [3.8, 4) is 0 Å². The molecule has 2 aliphatic heterocycles. The summed E-state index contributed by atoms with van der Waals surface area (Å²) >= 11 is 3.61. The molecule has 1 atom stereocenters. The maximum absolute atomic E-state index is 12.0. The third-order valence-electron chi connectivity index (χ3n) is 6.65. The molecular formula is C32H37N4O2S2+. The summed E-state index contributed by atoms with van der Waals surface area (Å²) in [7, 11) is 0. The lowest BCUT2D eigenvalue weighted by Gasteiger charge is -2.21. The van der Waals surface area contributed by atoms with E-state index in [0.717, 1.165) is 30.8 Å². The number of carbonyl (C=O) groups is 1. The van der Waals surface area contributed by atoms with E-state index in [-0.39, 0.29) is 12.0 Å². The molecule has 2 heterocycles. The van der Waals surface area contributed by atoms with Crippen LogP contribution in [-0.4, -0.2) is 43.6 Å². The highest BCUT2D eigenvalue weighted by Gasteiger charge is 2.41. The number of aliphatic imine (C=N–C) groups is 1. The zero-order valence-corrected chi connectivity index (χ0v) is 25.5. The number of amides is 1. The average Bonchev–Trinajstić information content (AvgIpc) is 3.45. The first-order valence-corrected chi connectivity index (χ1v) is 15.6. The molecule has 1 unspecified atom stereocenters. The van der Waals surface area contributed by atoms with Crippen LogP contribution in [0.2, 0.25) is 0 Å². The maximum atomic E-state index is 12.0. The number of anilines is 2. The Morgan fingerprint density at radius 3 is 2.23 bits per heavy atom. The van der Waals surface area contributed by atoms with E-state index in [9.17, 15) is 4.79 Å². The van der Waals surface area contributed by atoms with Crippen LogP contribution in [0.1, 0.15) is 41.0 Å². The first-order chi connectivity index (χ1) is 19.3. The predicted octanol–water partition coefficient (Wildman–Crippen LogP) is 7.65. The first-order valence-electron chi connectivity index (χ1n) is 13.9. The van der Waals surface area contributed by atoms with E-state index < -0.39 is 5.60 Å². The van der Waals surface area contributed by atoms with Gasteiger partial charge in [-0.2, -0.15) is 0 Å². The number of nitrogens with one attached hydrogen (secondary N) is 1. The van der Waals surface area contributed by atoms with Crippen molar-refractivity contribution in [2.24, 2.45) is 10.9 Å². The summed E-state index contributed by atoms with van der Waals surface area (Å²) in [6.45, 7) is 12.9. The van der Waals surface area contributed by atoms with Gasteiger partial charge in [0.2, 0.25) is 5.57 Å². The Labute approximate surface area is 246 Å². The van der Waals surface area contributed by atoms with Crippen molar-refractivity contribution >= 4 is 46.7 Å². The molecular weight excluding hydrogens is 537 g/mol. The smallest absolute Gasteiger partial charge is 0.407 e. The van der Waals surface area contributed by atoms with Crippen molar-refractivity contribution in [2.75, 3.05) is 36.0 Å². The van der Waals surface area contributed by atoms with Crippen LogP contribution in [0.15, 0.2) is 91.1 Å². The minimum absolute atomic E-state index is 0.0281. The van der Waals surface area contributed by atoms with Crippen LogP contribution in [0.3, 0.4) is 0 Å². The Balaban J connectivity index is 1.34. The number of para-hydroxylation sites is 2. The number of benzene rings is 2. The molecule has 0 spiro atoms. The third-order valence-corrected chi connectivity index (χ3v) is 8.89. The van der Waals surface area contributed by atoms with Crippen LogP contribution < -0.4 is 15.1 Å². The number of ether oxygens (including phenoxy) is 1. The number of allylic oxidation sites excluding steroid dienone is 4. The molecule has 1 N–H and O–H groups in total. The van der Waals surface area contributed by atoms with Gasteiger partial charge in [-0.3, -0.25) is 0 Å². The lowest BCUT2D eigenvalue weighted by molar-refractivity contribution is 0.0527. The Bertz CT molecular complexity index is 1390. The van der Waals surface area contributed by atoms with E-state index in [1.165, 1.54) is 31.2 Å². The largest absolute Gasteiger partial charge is 0.444 e. The average molecular weight is 574 g/mol. The molecule has 0 radical (unpaired) electrons. The van der Waals surface area contributed by atoms with Crippen LogP contribution in [0, 0.1) is 12.0 Å². The minimum atomic E-state index is -0.505. The van der Waals surface area contributed by atoms with Crippen molar-refractivity contribution < 1.29 is 9.53 Å². The zero-order valence-electron chi connectivity index (χ0n) is 23.9. The van der Waals surface area contributed by atoms with Crippen molar-refractivity contribution in [2.45, 2.75) is 56.4 Å². The van der Waals surface area contributed by atoms with Gasteiger partial charge in [0.15, 0.2) is 11.6 Å². The number of thioether (sulfide) groups is 2. The van der Waals surface area contributed by atoms with Gasteiger partial charge in [0.1, 0.15) is 10.6 Å². The molecule has 0 saturated heterocycles. The Hall–Kier alpha value is -3.19. The van der Waals surface area contributed by atoms with Gasteiger partial charge in [-0.25, -0.2) is 9.79 Å². The fraction of sp³-hybridized carbons (Fsp3) is 0.375. The van der Waals surface area contributed by atoms with E-state index in [2.05, 4.69) is 95.7 Å². The van der Waals surface area contributed by atoms with E-state index in [4.69, 9.17) is 9.73 Å². The normalized spacial score (nSPS) is 20.8. The summed E-state index contributed by atoms with van der Waals surface area (Å²) in [6.07, 6.45) is 8.55. The lowest BCUT2D eigenvalue weighted by atomic mass is 9.83. The molecule has 0 saturated carbocycles. The third kappa shape index (κ3) is 6.25. The Morgan fingerprint density at radius 2 is 1.60 bits per heavy atom. The van der Waals surface area contributed by atoms with Crippen molar-refractivity contribution in [1.82, 2.24) is 5.32 Å². The molecule has 40 heavy (non-hydrogen) atoms. The van der Waals surface area contributed by atoms with Gasteiger partial charge in [0.25, 0.3) is 0 Å². The second-order valence-electron chi connectivity index (χ2n) is 10.7. The van der Waals surface area contributed by atoms with E-state index in [1.54, 1.807) is 11.8 Å². The molecule has 3 aliphatic rings. The molecule has 8 heteroatoms. The molecule has 1 aliphatic carbocycles.